The van der Waals surface area contributed by atoms with Gasteiger partial charge >= 0.3 is 0 Å². The Labute approximate surface area is 130 Å². The second-order valence-corrected chi connectivity index (χ2v) is 5.09. The minimum atomic E-state index is -0.389. The van der Waals surface area contributed by atoms with Gasteiger partial charge in [0.25, 0.3) is 5.91 Å². The number of likely N-dealkylation sites (N-methyl/N-ethyl adjacent to an activating group) is 1. The van der Waals surface area contributed by atoms with Crippen molar-refractivity contribution in [3.63, 3.8) is 0 Å². The number of fused-ring (bicyclic) bond motifs is 1. The largest absolute Gasteiger partial charge is 0.493 e. The molecule has 0 aliphatic rings. The molecule has 118 valence electrons. The summed E-state index contributed by atoms with van der Waals surface area (Å²) in [6, 6.07) is 7.60. The molecule has 0 radical (unpaired) electrons. The fourth-order valence-electron chi connectivity index (χ4n) is 2.50. The van der Waals surface area contributed by atoms with Crippen LogP contribution in [0.2, 0.25) is 0 Å². The molecule has 22 heavy (non-hydrogen) atoms. The summed E-state index contributed by atoms with van der Waals surface area (Å²) in [7, 11) is 0. The highest BCUT2D eigenvalue weighted by Gasteiger charge is 2.16. The number of rotatable bonds is 6. The predicted octanol–water partition coefficient (Wildman–Crippen LogP) is 3.32. The van der Waals surface area contributed by atoms with E-state index in [1.807, 2.05) is 28.8 Å². The zero-order valence-corrected chi connectivity index (χ0v) is 13.3. The lowest BCUT2D eigenvalue weighted by atomic mass is 10.2. The highest BCUT2D eigenvalue weighted by Crippen LogP contribution is 2.38. The molecule has 2 aromatic rings. The molecule has 1 heterocycles. The van der Waals surface area contributed by atoms with Crippen LogP contribution in [0.1, 0.15) is 20.8 Å². The van der Waals surface area contributed by atoms with E-state index in [1.165, 1.54) is 6.92 Å². The van der Waals surface area contributed by atoms with Crippen molar-refractivity contribution in [1.82, 2.24) is 9.47 Å². The fourth-order valence-corrected chi connectivity index (χ4v) is 2.50. The Morgan fingerprint density at radius 3 is 2.59 bits per heavy atom. The minimum absolute atomic E-state index is 0.0540. The SMILES string of the molecule is CCN(CC)CCn1c(O)c(N=NC(C)=O)c2ccccc21. The third-order valence-corrected chi connectivity index (χ3v) is 3.74. The van der Waals surface area contributed by atoms with Crippen molar-refractivity contribution in [2.45, 2.75) is 27.3 Å². The standard InChI is InChI=1S/C16H22N4O2/c1-4-19(5-2)10-11-20-14-9-7-6-8-13(14)15(16(20)22)18-17-12(3)21/h6-9,22H,4-5,10-11H2,1-3H3. The third kappa shape index (κ3) is 3.33. The molecule has 0 saturated heterocycles. The van der Waals surface area contributed by atoms with Crippen molar-refractivity contribution < 1.29 is 9.90 Å². The van der Waals surface area contributed by atoms with Gasteiger partial charge in [0.05, 0.1) is 5.52 Å². The summed E-state index contributed by atoms with van der Waals surface area (Å²) in [6.45, 7) is 8.99. The molecule has 0 saturated carbocycles. The lowest BCUT2D eigenvalue weighted by molar-refractivity contribution is -0.116. The molecule has 0 unspecified atom stereocenters. The maximum atomic E-state index is 11.0. The summed E-state index contributed by atoms with van der Waals surface area (Å²) >= 11 is 0. The highest BCUT2D eigenvalue weighted by atomic mass is 16.3. The number of carbonyl (C=O) groups excluding carboxylic acids is 1. The van der Waals surface area contributed by atoms with Crippen molar-refractivity contribution in [2.75, 3.05) is 19.6 Å². The summed E-state index contributed by atoms with van der Waals surface area (Å²) in [5.41, 5.74) is 1.25. The van der Waals surface area contributed by atoms with Crippen LogP contribution in [0, 0.1) is 0 Å². The Morgan fingerprint density at radius 1 is 1.27 bits per heavy atom. The molecule has 0 spiro atoms. The second kappa shape index (κ2) is 7.17. The number of carbonyl (C=O) groups is 1. The molecule has 6 heteroatoms. The molecule has 0 aliphatic carbocycles. The predicted molar refractivity (Wildman–Crippen MR) is 86.6 cm³/mol. The molecule has 6 nitrogen and oxygen atoms in total. The van der Waals surface area contributed by atoms with Gasteiger partial charge in [-0.2, -0.15) is 0 Å². The van der Waals surface area contributed by atoms with Gasteiger partial charge in [-0.05, 0) is 19.2 Å². The van der Waals surface area contributed by atoms with E-state index in [0.717, 1.165) is 30.5 Å². The lowest BCUT2D eigenvalue weighted by Crippen LogP contribution is -2.26. The summed E-state index contributed by atoms with van der Waals surface area (Å²) in [6.07, 6.45) is 0. The number of hydrogen-bond donors (Lipinski definition) is 1. The van der Waals surface area contributed by atoms with Crippen molar-refractivity contribution in [2.24, 2.45) is 10.2 Å². The van der Waals surface area contributed by atoms with Crippen LogP contribution in [-0.4, -0.2) is 40.1 Å². The second-order valence-electron chi connectivity index (χ2n) is 5.09. The molecular formula is C16H22N4O2. The van der Waals surface area contributed by atoms with Crippen molar-refractivity contribution >= 4 is 22.5 Å². The molecule has 1 aromatic heterocycles. The van der Waals surface area contributed by atoms with E-state index < -0.39 is 0 Å². The summed E-state index contributed by atoms with van der Waals surface area (Å²) in [4.78, 5) is 13.3. The first-order valence-electron chi connectivity index (χ1n) is 7.53. The van der Waals surface area contributed by atoms with Crippen LogP contribution >= 0.6 is 0 Å². The molecule has 1 aromatic carbocycles. The van der Waals surface area contributed by atoms with Crippen LogP contribution in [-0.2, 0) is 11.3 Å². The topological polar surface area (TPSA) is 70.2 Å². The monoisotopic (exact) mass is 302 g/mol. The molecule has 0 bridgehead atoms. The van der Waals surface area contributed by atoms with Gasteiger partial charge in [0.2, 0.25) is 5.88 Å². The smallest absolute Gasteiger partial charge is 0.261 e. The van der Waals surface area contributed by atoms with E-state index in [2.05, 4.69) is 29.0 Å². The summed E-state index contributed by atoms with van der Waals surface area (Å²) in [5, 5.41) is 18.7. The zero-order chi connectivity index (χ0) is 16.1. The number of azo groups is 1. The first-order valence-corrected chi connectivity index (χ1v) is 7.53. The normalized spacial score (nSPS) is 11.8. The number of para-hydroxylation sites is 1. The van der Waals surface area contributed by atoms with E-state index in [0.29, 0.717) is 12.2 Å². The summed E-state index contributed by atoms with van der Waals surface area (Å²) in [5.74, 6) is -0.335. The Balaban J connectivity index is 2.41. The average molecular weight is 302 g/mol. The Bertz CT molecular complexity index is 687. The van der Waals surface area contributed by atoms with Crippen molar-refractivity contribution in [3.8, 4) is 5.88 Å². The van der Waals surface area contributed by atoms with E-state index in [9.17, 15) is 9.90 Å². The summed E-state index contributed by atoms with van der Waals surface area (Å²) < 4.78 is 1.82. The maximum absolute atomic E-state index is 11.0. The van der Waals surface area contributed by atoms with E-state index in [1.54, 1.807) is 0 Å². The molecule has 2 rings (SSSR count). The molecular weight excluding hydrogens is 280 g/mol. The van der Waals surface area contributed by atoms with Crippen molar-refractivity contribution in [3.05, 3.63) is 24.3 Å². The molecule has 0 aliphatic heterocycles. The van der Waals surface area contributed by atoms with E-state index in [-0.39, 0.29) is 11.8 Å². The zero-order valence-electron chi connectivity index (χ0n) is 13.3. The number of aromatic hydroxyl groups is 1. The molecule has 0 fully saturated rings. The van der Waals surface area contributed by atoms with Crippen LogP contribution in [0.4, 0.5) is 5.69 Å². The Hall–Kier alpha value is -2.21. The van der Waals surface area contributed by atoms with Gasteiger partial charge in [-0.3, -0.25) is 4.79 Å². The number of benzene rings is 1. The van der Waals surface area contributed by atoms with Gasteiger partial charge in [0, 0.05) is 25.4 Å². The average Bonchev–Trinajstić information content (AvgIpc) is 2.78. The van der Waals surface area contributed by atoms with Crippen LogP contribution in [0.15, 0.2) is 34.5 Å². The van der Waals surface area contributed by atoms with Crippen LogP contribution < -0.4 is 0 Å². The number of hydrogen-bond acceptors (Lipinski definition) is 4. The first-order chi connectivity index (χ1) is 10.6. The highest BCUT2D eigenvalue weighted by molar-refractivity contribution is 5.95. The third-order valence-electron chi connectivity index (χ3n) is 3.74. The molecule has 1 amide bonds. The Morgan fingerprint density at radius 2 is 1.95 bits per heavy atom. The Kier molecular flexibility index (Phi) is 5.27. The van der Waals surface area contributed by atoms with Crippen LogP contribution in [0.25, 0.3) is 10.9 Å². The fraction of sp³-hybridized carbons (Fsp3) is 0.438. The quantitative estimate of drug-likeness (QED) is 0.832. The number of amides is 1. The first kappa shape index (κ1) is 16.2. The number of nitrogens with zero attached hydrogens (tertiary/aromatic N) is 4. The lowest BCUT2D eigenvalue weighted by Gasteiger charge is -2.18. The molecule has 0 atom stereocenters. The van der Waals surface area contributed by atoms with Crippen LogP contribution in [0.3, 0.4) is 0 Å². The van der Waals surface area contributed by atoms with Gasteiger partial charge in [-0.1, -0.05) is 32.0 Å². The van der Waals surface area contributed by atoms with Crippen molar-refractivity contribution in [1.29, 1.82) is 0 Å². The van der Waals surface area contributed by atoms with Crippen LogP contribution in [0.5, 0.6) is 5.88 Å². The van der Waals surface area contributed by atoms with Gasteiger partial charge in [0.15, 0.2) is 5.69 Å². The van der Waals surface area contributed by atoms with Gasteiger partial charge in [0.1, 0.15) is 0 Å². The molecule has 1 N–H and O–H groups in total. The van der Waals surface area contributed by atoms with Gasteiger partial charge in [-0.15, -0.1) is 10.2 Å². The van der Waals surface area contributed by atoms with Gasteiger partial charge < -0.3 is 14.6 Å². The maximum Gasteiger partial charge on any atom is 0.261 e. The van der Waals surface area contributed by atoms with E-state index in [4.69, 9.17) is 0 Å². The van der Waals surface area contributed by atoms with E-state index >= 15 is 0 Å². The number of aromatic nitrogens is 1. The van der Waals surface area contributed by atoms with Gasteiger partial charge in [-0.25, -0.2) is 0 Å². The minimum Gasteiger partial charge on any atom is -0.493 e.